The molecule has 1 saturated heterocycles. The van der Waals surface area contributed by atoms with Crippen molar-refractivity contribution in [2.24, 2.45) is 0 Å². The second-order valence-corrected chi connectivity index (χ2v) is 8.91. The number of esters is 1. The Labute approximate surface area is 226 Å². The fraction of sp³-hybridized carbons (Fsp3) is 0.333. The Balaban J connectivity index is 1.47. The molecule has 0 radical (unpaired) electrons. The summed E-state index contributed by atoms with van der Waals surface area (Å²) in [5.41, 5.74) is 3.24. The van der Waals surface area contributed by atoms with Gasteiger partial charge in [0.2, 0.25) is 18.3 Å². The average Bonchev–Trinajstić information content (AvgIpc) is 2.97. The van der Waals surface area contributed by atoms with Crippen molar-refractivity contribution in [2.75, 3.05) is 51.0 Å². The van der Waals surface area contributed by atoms with Gasteiger partial charge in [-0.3, -0.25) is 9.69 Å². The summed E-state index contributed by atoms with van der Waals surface area (Å²) in [7, 11) is 2.76. The third-order valence-electron chi connectivity index (χ3n) is 6.24. The largest absolute Gasteiger partial charge is 0.467 e. The van der Waals surface area contributed by atoms with Gasteiger partial charge in [0, 0.05) is 44.8 Å². The summed E-state index contributed by atoms with van der Waals surface area (Å²) in [5, 5.41) is 6.22. The summed E-state index contributed by atoms with van der Waals surface area (Å²) >= 11 is 0. The first-order valence-electron chi connectivity index (χ1n) is 12.4. The molecule has 12 nitrogen and oxygen atoms in total. The number of methoxy groups -OCH3 is 2. The van der Waals surface area contributed by atoms with Gasteiger partial charge in [-0.1, -0.05) is 36.4 Å². The molecule has 1 aliphatic heterocycles. The molecular formula is C27H30N8O4. The Kier molecular flexibility index (Phi) is 9.20. The standard InChI is InChI=1S/C27H30N8O4/c1-28-21-9-7-19(8-10-21)16-23(24(37)38-2)30-26-31-25(32-27(33-26)39-3)29-22-6-4-5-20(15-22)17-34-11-13-35(18-36)14-12-34/h4-10,15,18,23H,11-14,16-17H2,2-3H3,(H2,29,30,31,32,33)/t23-/m0/s1. The minimum absolute atomic E-state index is 0.0734. The first-order chi connectivity index (χ1) is 19.0. The topological polar surface area (TPSA) is 126 Å². The number of anilines is 3. The van der Waals surface area contributed by atoms with Crippen molar-refractivity contribution in [1.29, 1.82) is 0 Å². The van der Waals surface area contributed by atoms with Crippen LogP contribution in [0, 0.1) is 6.57 Å². The van der Waals surface area contributed by atoms with Crippen LogP contribution < -0.4 is 15.4 Å². The smallest absolute Gasteiger partial charge is 0.328 e. The van der Waals surface area contributed by atoms with Crippen molar-refractivity contribution < 1.29 is 19.1 Å². The molecule has 2 heterocycles. The first kappa shape index (κ1) is 27.3. The van der Waals surface area contributed by atoms with E-state index < -0.39 is 12.0 Å². The summed E-state index contributed by atoms with van der Waals surface area (Å²) in [4.78, 5) is 44.0. The molecule has 39 heavy (non-hydrogen) atoms. The van der Waals surface area contributed by atoms with Gasteiger partial charge in [0.15, 0.2) is 5.69 Å². The van der Waals surface area contributed by atoms with E-state index in [1.165, 1.54) is 14.2 Å². The van der Waals surface area contributed by atoms with Gasteiger partial charge in [0.1, 0.15) is 6.04 Å². The van der Waals surface area contributed by atoms with Gasteiger partial charge in [0.25, 0.3) is 0 Å². The van der Waals surface area contributed by atoms with E-state index in [0.29, 0.717) is 12.1 Å². The maximum absolute atomic E-state index is 12.5. The zero-order valence-corrected chi connectivity index (χ0v) is 21.8. The fourth-order valence-electron chi connectivity index (χ4n) is 4.16. The second-order valence-electron chi connectivity index (χ2n) is 8.91. The molecule has 4 rings (SSSR count). The Morgan fingerprint density at radius 3 is 2.46 bits per heavy atom. The number of hydrogen-bond acceptors (Lipinski definition) is 10. The maximum atomic E-state index is 12.5. The third-order valence-corrected chi connectivity index (χ3v) is 6.24. The molecule has 1 atom stereocenters. The van der Waals surface area contributed by atoms with Crippen molar-refractivity contribution in [3.63, 3.8) is 0 Å². The monoisotopic (exact) mass is 530 g/mol. The number of rotatable bonds is 11. The Hall–Kier alpha value is -4.76. The van der Waals surface area contributed by atoms with Crippen LogP contribution >= 0.6 is 0 Å². The lowest BCUT2D eigenvalue weighted by Gasteiger charge is -2.32. The molecule has 1 amide bonds. The van der Waals surface area contributed by atoms with E-state index in [1.54, 1.807) is 29.2 Å². The van der Waals surface area contributed by atoms with E-state index in [1.807, 2.05) is 24.3 Å². The minimum Gasteiger partial charge on any atom is -0.467 e. The van der Waals surface area contributed by atoms with Crippen LogP contribution in [-0.4, -0.2) is 83.6 Å². The van der Waals surface area contributed by atoms with Crippen LogP contribution in [-0.2, 0) is 27.3 Å². The maximum Gasteiger partial charge on any atom is 0.328 e. The highest BCUT2D eigenvalue weighted by Crippen LogP contribution is 2.21. The molecule has 2 N–H and O–H groups in total. The van der Waals surface area contributed by atoms with Gasteiger partial charge in [-0.05, 0) is 23.3 Å². The number of aromatic nitrogens is 3. The molecule has 12 heteroatoms. The van der Waals surface area contributed by atoms with Gasteiger partial charge < -0.3 is 25.0 Å². The highest BCUT2D eigenvalue weighted by molar-refractivity contribution is 5.79. The summed E-state index contributed by atoms with van der Waals surface area (Å²) in [6, 6.07) is 14.2. The predicted molar refractivity (Wildman–Crippen MR) is 145 cm³/mol. The Bertz CT molecular complexity index is 1320. The molecule has 3 aromatic rings. The summed E-state index contributed by atoms with van der Waals surface area (Å²) in [6.45, 7) is 11.0. The van der Waals surface area contributed by atoms with Crippen molar-refractivity contribution in [3.05, 3.63) is 71.1 Å². The van der Waals surface area contributed by atoms with Crippen LogP contribution in [0.15, 0.2) is 48.5 Å². The number of hydrogen-bond donors (Lipinski definition) is 2. The van der Waals surface area contributed by atoms with Gasteiger partial charge >= 0.3 is 12.0 Å². The van der Waals surface area contributed by atoms with Gasteiger partial charge in [-0.15, -0.1) is 0 Å². The molecule has 0 bridgehead atoms. The van der Waals surface area contributed by atoms with Crippen LogP contribution in [0.25, 0.3) is 4.85 Å². The van der Waals surface area contributed by atoms with E-state index in [-0.39, 0.29) is 17.9 Å². The van der Waals surface area contributed by atoms with Gasteiger partial charge in [-0.25, -0.2) is 9.64 Å². The molecule has 1 aliphatic rings. The quantitative estimate of drug-likeness (QED) is 0.217. The van der Waals surface area contributed by atoms with Crippen LogP contribution in [0.3, 0.4) is 0 Å². The minimum atomic E-state index is -0.781. The van der Waals surface area contributed by atoms with Crippen LogP contribution in [0.5, 0.6) is 6.01 Å². The lowest BCUT2D eigenvalue weighted by atomic mass is 10.1. The van der Waals surface area contributed by atoms with Crippen molar-refractivity contribution in [2.45, 2.75) is 19.0 Å². The fourth-order valence-corrected chi connectivity index (χ4v) is 4.16. The zero-order chi connectivity index (χ0) is 27.6. The molecule has 1 fully saturated rings. The van der Waals surface area contributed by atoms with Crippen LogP contribution in [0.4, 0.5) is 23.3 Å². The molecule has 0 unspecified atom stereocenters. The van der Waals surface area contributed by atoms with Crippen LogP contribution in [0.1, 0.15) is 11.1 Å². The third kappa shape index (κ3) is 7.62. The molecule has 202 valence electrons. The van der Waals surface area contributed by atoms with E-state index in [4.69, 9.17) is 16.0 Å². The number of piperazine rings is 1. The molecular weight excluding hydrogens is 500 g/mol. The molecule has 0 spiro atoms. The molecule has 2 aromatic carbocycles. The SMILES string of the molecule is [C-]#[N+]c1ccc(C[C@H](Nc2nc(Nc3cccc(CN4CCN(C=O)CC4)c3)nc(OC)n2)C(=O)OC)cc1. The highest BCUT2D eigenvalue weighted by atomic mass is 16.5. The highest BCUT2D eigenvalue weighted by Gasteiger charge is 2.22. The number of carbonyl (C=O) groups is 2. The normalized spacial score (nSPS) is 14.1. The average molecular weight is 531 g/mol. The lowest BCUT2D eigenvalue weighted by molar-refractivity contribution is -0.141. The van der Waals surface area contributed by atoms with Crippen molar-refractivity contribution in [1.82, 2.24) is 24.8 Å². The summed E-state index contributed by atoms with van der Waals surface area (Å²) in [5.74, 6) is -0.104. The number of nitrogens with zero attached hydrogens (tertiary/aromatic N) is 6. The number of carbonyl (C=O) groups excluding carboxylic acids is 2. The second kappa shape index (κ2) is 13.2. The predicted octanol–water partition coefficient (Wildman–Crippen LogP) is 2.64. The zero-order valence-electron chi connectivity index (χ0n) is 21.8. The number of ether oxygens (including phenoxy) is 2. The molecule has 0 saturated carbocycles. The number of amides is 1. The van der Waals surface area contributed by atoms with E-state index in [0.717, 1.165) is 55.9 Å². The number of nitrogens with one attached hydrogen (secondary N) is 2. The molecule has 1 aromatic heterocycles. The van der Waals surface area contributed by atoms with Crippen LogP contribution in [0.2, 0.25) is 0 Å². The van der Waals surface area contributed by atoms with Gasteiger partial charge in [-0.2, -0.15) is 15.0 Å². The van der Waals surface area contributed by atoms with E-state index in [2.05, 4.69) is 35.3 Å². The van der Waals surface area contributed by atoms with E-state index >= 15 is 0 Å². The Morgan fingerprint density at radius 2 is 1.79 bits per heavy atom. The number of benzene rings is 2. The van der Waals surface area contributed by atoms with Crippen molar-refractivity contribution >= 4 is 35.7 Å². The Morgan fingerprint density at radius 1 is 1.05 bits per heavy atom. The molecule has 0 aliphatic carbocycles. The van der Waals surface area contributed by atoms with Crippen molar-refractivity contribution in [3.8, 4) is 6.01 Å². The first-order valence-corrected chi connectivity index (χ1v) is 12.4. The summed E-state index contributed by atoms with van der Waals surface area (Å²) in [6.07, 6.45) is 1.19. The van der Waals surface area contributed by atoms with Gasteiger partial charge in [0.05, 0.1) is 20.8 Å². The summed E-state index contributed by atoms with van der Waals surface area (Å²) < 4.78 is 10.2. The lowest BCUT2D eigenvalue weighted by Crippen LogP contribution is -2.45. The van der Waals surface area contributed by atoms with E-state index in [9.17, 15) is 9.59 Å².